The van der Waals surface area contributed by atoms with Gasteiger partial charge in [0.1, 0.15) is 11.3 Å². The Morgan fingerprint density at radius 1 is 0.359 bits per heavy atom. The molecule has 182 valence electrons. The molecule has 7 aromatic carbocycles. The summed E-state index contributed by atoms with van der Waals surface area (Å²) in [5, 5.41) is 8.36. The zero-order valence-electron chi connectivity index (χ0n) is 21.3. The monoisotopic (exact) mass is 496 g/mol. The first-order chi connectivity index (χ1) is 19.3. The summed E-state index contributed by atoms with van der Waals surface area (Å²) in [7, 11) is 0. The van der Waals surface area contributed by atoms with E-state index in [-0.39, 0.29) is 0 Å². The van der Waals surface area contributed by atoms with Gasteiger partial charge < -0.3 is 4.42 Å². The molecule has 0 aliphatic carbocycles. The third-order valence-electron chi connectivity index (χ3n) is 7.84. The summed E-state index contributed by atoms with van der Waals surface area (Å²) in [5.41, 5.74) is 6.99. The summed E-state index contributed by atoms with van der Waals surface area (Å²) in [6.45, 7) is 0. The molecule has 39 heavy (non-hydrogen) atoms. The lowest BCUT2D eigenvalue weighted by molar-refractivity contribution is 0.633. The number of furan rings is 1. The minimum absolute atomic E-state index is 0.899. The average Bonchev–Trinajstić information content (AvgIpc) is 3.41. The lowest BCUT2D eigenvalue weighted by Gasteiger charge is -2.18. The molecular weight excluding hydrogens is 472 g/mol. The lowest BCUT2D eigenvalue weighted by atomic mass is 9.85. The average molecular weight is 497 g/mol. The van der Waals surface area contributed by atoms with E-state index in [1.807, 2.05) is 0 Å². The molecule has 1 aromatic heterocycles. The highest BCUT2D eigenvalue weighted by atomic mass is 16.3. The zero-order chi connectivity index (χ0) is 25.8. The van der Waals surface area contributed by atoms with Crippen molar-refractivity contribution in [1.29, 1.82) is 0 Å². The van der Waals surface area contributed by atoms with Crippen LogP contribution in [-0.4, -0.2) is 0 Å². The molecule has 0 saturated heterocycles. The van der Waals surface area contributed by atoms with Gasteiger partial charge in [-0.2, -0.15) is 0 Å². The van der Waals surface area contributed by atoms with Gasteiger partial charge in [0.2, 0.25) is 0 Å². The topological polar surface area (TPSA) is 13.1 Å². The normalized spacial score (nSPS) is 11.6. The maximum atomic E-state index is 6.62. The summed E-state index contributed by atoms with van der Waals surface area (Å²) in [6, 6.07) is 52.0. The predicted octanol–water partition coefficient (Wildman–Crippen LogP) is 10.9. The Morgan fingerprint density at radius 3 is 1.54 bits per heavy atom. The van der Waals surface area contributed by atoms with E-state index in [4.69, 9.17) is 4.42 Å². The van der Waals surface area contributed by atoms with Crippen molar-refractivity contribution in [2.45, 2.75) is 0 Å². The molecule has 0 unspecified atom stereocenters. The van der Waals surface area contributed by atoms with E-state index in [1.165, 1.54) is 54.6 Å². The molecule has 0 aliphatic heterocycles. The lowest BCUT2D eigenvalue weighted by Crippen LogP contribution is -1.92. The predicted molar refractivity (Wildman–Crippen MR) is 165 cm³/mol. The SMILES string of the molecule is c1ccc(-c2ccccc2-c2c3ccccc3c(-c3cc4cc5ccccc5cc4o3)c3ccccc23)cc1. The molecule has 0 aliphatic rings. The van der Waals surface area contributed by atoms with Gasteiger partial charge in [0.15, 0.2) is 0 Å². The number of rotatable bonds is 3. The third kappa shape index (κ3) is 3.48. The van der Waals surface area contributed by atoms with Crippen LogP contribution in [0.4, 0.5) is 0 Å². The standard InChI is InChI=1S/C38H24O/c1-2-12-25(13-3-1)29-16-6-7-17-30(29)37-31-18-8-10-20-33(31)38(34-21-11-9-19-32(34)37)36-24-28-22-26-14-4-5-15-27(26)23-35(28)39-36/h1-24H. The maximum Gasteiger partial charge on any atom is 0.136 e. The van der Waals surface area contributed by atoms with Crippen LogP contribution in [0.2, 0.25) is 0 Å². The molecule has 8 aromatic rings. The van der Waals surface area contributed by atoms with Gasteiger partial charge >= 0.3 is 0 Å². The number of fused-ring (bicyclic) bond motifs is 4. The quantitative estimate of drug-likeness (QED) is 0.222. The van der Waals surface area contributed by atoms with E-state index < -0.39 is 0 Å². The van der Waals surface area contributed by atoms with Crippen molar-refractivity contribution in [3.63, 3.8) is 0 Å². The molecular formula is C38H24O. The van der Waals surface area contributed by atoms with Crippen LogP contribution in [0.15, 0.2) is 150 Å². The first kappa shape index (κ1) is 21.9. The summed E-state index contributed by atoms with van der Waals surface area (Å²) in [5.74, 6) is 0.899. The molecule has 1 heterocycles. The van der Waals surface area contributed by atoms with Gasteiger partial charge in [-0.15, -0.1) is 0 Å². The van der Waals surface area contributed by atoms with Gasteiger partial charge in [-0.05, 0) is 72.8 Å². The minimum atomic E-state index is 0.899. The van der Waals surface area contributed by atoms with E-state index in [0.29, 0.717) is 0 Å². The molecule has 0 atom stereocenters. The van der Waals surface area contributed by atoms with Gasteiger partial charge in [0.05, 0.1) is 0 Å². The fourth-order valence-electron chi connectivity index (χ4n) is 6.11. The minimum Gasteiger partial charge on any atom is -0.456 e. The Kier molecular flexibility index (Phi) is 4.89. The number of hydrogen-bond donors (Lipinski definition) is 0. The molecule has 0 radical (unpaired) electrons. The third-order valence-corrected chi connectivity index (χ3v) is 7.84. The fourth-order valence-corrected chi connectivity index (χ4v) is 6.11. The first-order valence-electron chi connectivity index (χ1n) is 13.4. The van der Waals surface area contributed by atoms with Crippen molar-refractivity contribution >= 4 is 43.3 Å². The molecule has 0 saturated carbocycles. The van der Waals surface area contributed by atoms with Gasteiger partial charge in [-0.1, -0.05) is 127 Å². The van der Waals surface area contributed by atoms with Crippen LogP contribution in [0.25, 0.3) is 76.9 Å². The van der Waals surface area contributed by atoms with Crippen molar-refractivity contribution < 1.29 is 4.42 Å². The van der Waals surface area contributed by atoms with Crippen LogP contribution in [-0.2, 0) is 0 Å². The van der Waals surface area contributed by atoms with Gasteiger partial charge in [0.25, 0.3) is 0 Å². The van der Waals surface area contributed by atoms with E-state index in [1.54, 1.807) is 0 Å². The summed E-state index contributed by atoms with van der Waals surface area (Å²) < 4.78 is 6.62. The Hall–Kier alpha value is -5.14. The molecule has 1 heteroatoms. The Bertz CT molecular complexity index is 2060. The molecule has 0 spiro atoms. The van der Waals surface area contributed by atoms with Gasteiger partial charge in [-0.25, -0.2) is 0 Å². The van der Waals surface area contributed by atoms with Crippen molar-refractivity contribution in [1.82, 2.24) is 0 Å². The van der Waals surface area contributed by atoms with Crippen molar-refractivity contribution in [3.05, 3.63) is 146 Å². The van der Waals surface area contributed by atoms with E-state index in [2.05, 4.69) is 146 Å². The fraction of sp³-hybridized carbons (Fsp3) is 0. The first-order valence-corrected chi connectivity index (χ1v) is 13.4. The molecule has 0 fully saturated rings. The highest BCUT2D eigenvalue weighted by Crippen LogP contribution is 2.46. The molecule has 0 N–H and O–H groups in total. The van der Waals surface area contributed by atoms with Crippen LogP contribution < -0.4 is 0 Å². The molecule has 1 nitrogen and oxygen atoms in total. The van der Waals surface area contributed by atoms with Crippen LogP contribution >= 0.6 is 0 Å². The Balaban J connectivity index is 1.47. The van der Waals surface area contributed by atoms with Gasteiger partial charge in [-0.3, -0.25) is 0 Å². The van der Waals surface area contributed by atoms with Crippen molar-refractivity contribution in [3.8, 4) is 33.6 Å². The summed E-state index contributed by atoms with van der Waals surface area (Å²) >= 11 is 0. The second-order valence-electron chi connectivity index (χ2n) is 10.1. The second kappa shape index (κ2) is 8.72. The Morgan fingerprint density at radius 2 is 0.872 bits per heavy atom. The van der Waals surface area contributed by atoms with Crippen molar-refractivity contribution in [2.24, 2.45) is 0 Å². The van der Waals surface area contributed by atoms with Gasteiger partial charge in [0, 0.05) is 10.9 Å². The molecule has 0 amide bonds. The molecule has 0 bridgehead atoms. The highest BCUT2D eigenvalue weighted by molar-refractivity contribution is 6.22. The molecule has 8 rings (SSSR count). The number of hydrogen-bond acceptors (Lipinski definition) is 1. The van der Waals surface area contributed by atoms with Crippen LogP contribution in [0.3, 0.4) is 0 Å². The van der Waals surface area contributed by atoms with Crippen LogP contribution in [0.5, 0.6) is 0 Å². The van der Waals surface area contributed by atoms with E-state index in [9.17, 15) is 0 Å². The summed E-state index contributed by atoms with van der Waals surface area (Å²) in [4.78, 5) is 0. The largest absolute Gasteiger partial charge is 0.456 e. The van der Waals surface area contributed by atoms with Crippen molar-refractivity contribution in [2.75, 3.05) is 0 Å². The summed E-state index contributed by atoms with van der Waals surface area (Å²) in [6.07, 6.45) is 0. The zero-order valence-corrected chi connectivity index (χ0v) is 21.3. The number of benzene rings is 7. The smallest absolute Gasteiger partial charge is 0.136 e. The Labute approximate surface area is 226 Å². The maximum absolute atomic E-state index is 6.62. The second-order valence-corrected chi connectivity index (χ2v) is 10.1. The highest BCUT2D eigenvalue weighted by Gasteiger charge is 2.20. The van der Waals surface area contributed by atoms with E-state index in [0.717, 1.165) is 22.3 Å². The van der Waals surface area contributed by atoms with E-state index >= 15 is 0 Å². The van der Waals surface area contributed by atoms with Crippen LogP contribution in [0.1, 0.15) is 0 Å². The van der Waals surface area contributed by atoms with Crippen LogP contribution in [0, 0.1) is 0 Å².